The molecule has 3 aromatic rings. The Hall–Kier alpha value is -4.21. The lowest BCUT2D eigenvalue weighted by Crippen LogP contribution is -2.54. The number of amides is 2. The fourth-order valence-electron chi connectivity index (χ4n) is 3.93. The normalized spacial score (nSPS) is 14.4. The summed E-state index contributed by atoms with van der Waals surface area (Å²) in [5.41, 5.74) is -0.336. The van der Waals surface area contributed by atoms with E-state index in [1.165, 1.54) is 6.92 Å². The minimum atomic E-state index is -1.26. The summed E-state index contributed by atoms with van der Waals surface area (Å²) in [4.78, 5) is 66.5. The average Bonchev–Trinajstić information content (AvgIpc) is 2.86. The third kappa shape index (κ3) is 5.88. The zero-order chi connectivity index (χ0) is 26.4. The number of carbonyl (C=O) groups is 3. The molecule has 2 aromatic carbocycles. The highest BCUT2D eigenvalue weighted by Gasteiger charge is 2.31. The molecule has 1 aromatic heterocycles. The van der Waals surface area contributed by atoms with Crippen LogP contribution in [0.5, 0.6) is 0 Å². The maximum Gasteiger partial charge on any atom is 0.329 e. The van der Waals surface area contributed by atoms with Gasteiger partial charge in [-0.25, -0.2) is 14.2 Å². The van der Waals surface area contributed by atoms with Crippen LogP contribution in [0.1, 0.15) is 38.8 Å². The SMILES string of the molecule is CCC(C)[C@H](NC(=O)[C@H](C)NC(=O)[C@H](Cc1ccccc1)n1c(=O)[nH]c2ccccc2c1=O)C(=O)O. The second kappa shape index (κ2) is 11.5. The number of benzene rings is 2. The van der Waals surface area contributed by atoms with E-state index in [-0.39, 0.29) is 17.7 Å². The molecule has 0 aliphatic carbocycles. The van der Waals surface area contributed by atoms with Crippen molar-refractivity contribution in [2.24, 2.45) is 5.92 Å². The number of carboxylic acid groups (broad SMARTS) is 1. The summed E-state index contributed by atoms with van der Waals surface area (Å²) < 4.78 is 0.856. The molecule has 1 unspecified atom stereocenters. The van der Waals surface area contributed by atoms with E-state index in [2.05, 4.69) is 15.6 Å². The van der Waals surface area contributed by atoms with Crippen molar-refractivity contribution in [3.05, 3.63) is 81.0 Å². The number of carboxylic acids is 1. The summed E-state index contributed by atoms with van der Waals surface area (Å²) in [6.07, 6.45) is 0.553. The zero-order valence-electron chi connectivity index (χ0n) is 20.4. The standard InChI is InChI=1S/C26H30N4O6/c1-4-15(2)21(25(34)35)29-22(31)16(3)27-23(32)20(14-17-10-6-5-7-11-17)30-24(33)18-12-8-9-13-19(18)28-26(30)36/h5-13,15-16,20-21H,4,14H2,1-3H3,(H,27,32)(H,28,36)(H,29,31)(H,34,35)/t15?,16-,20-,21-/m0/s1. The van der Waals surface area contributed by atoms with E-state index in [0.717, 1.165) is 4.57 Å². The minimum absolute atomic E-state index is 0.0208. The van der Waals surface area contributed by atoms with Crippen LogP contribution in [0, 0.1) is 5.92 Å². The van der Waals surface area contributed by atoms with Crippen molar-refractivity contribution in [3.63, 3.8) is 0 Å². The molecule has 190 valence electrons. The molecule has 3 rings (SSSR count). The van der Waals surface area contributed by atoms with E-state index >= 15 is 0 Å². The lowest BCUT2D eigenvalue weighted by Gasteiger charge is -2.24. The lowest BCUT2D eigenvalue weighted by atomic mass is 9.99. The Morgan fingerprint density at radius 2 is 1.58 bits per heavy atom. The Kier molecular flexibility index (Phi) is 8.42. The first-order chi connectivity index (χ1) is 17.1. The fourth-order valence-corrected chi connectivity index (χ4v) is 3.93. The number of aromatic nitrogens is 2. The molecule has 0 aliphatic rings. The predicted octanol–water partition coefficient (Wildman–Crippen LogP) is 1.59. The second-order valence-electron chi connectivity index (χ2n) is 8.80. The van der Waals surface area contributed by atoms with Crippen molar-refractivity contribution in [2.75, 3.05) is 0 Å². The molecule has 0 saturated heterocycles. The molecule has 0 aliphatic heterocycles. The highest BCUT2D eigenvalue weighted by Crippen LogP contribution is 2.14. The van der Waals surface area contributed by atoms with Crippen LogP contribution >= 0.6 is 0 Å². The number of aliphatic carboxylic acids is 1. The molecule has 2 amide bonds. The Morgan fingerprint density at radius 3 is 2.22 bits per heavy atom. The van der Waals surface area contributed by atoms with Crippen LogP contribution in [0.3, 0.4) is 0 Å². The maximum atomic E-state index is 13.4. The number of fused-ring (bicyclic) bond motifs is 1. The summed E-state index contributed by atoms with van der Waals surface area (Å²) in [6, 6.07) is 11.9. The molecular formula is C26H30N4O6. The monoisotopic (exact) mass is 494 g/mol. The minimum Gasteiger partial charge on any atom is -0.480 e. The van der Waals surface area contributed by atoms with Gasteiger partial charge in [0, 0.05) is 6.42 Å². The Morgan fingerprint density at radius 1 is 0.944 bits per heavy atom. The number of hydrogen-bond acceptors (Lipinski definition) is 5. The Balaban J connectivity index is 1.94. The Labute approximate surface area is 207 Å². The number of hydrogen-bond donors (Lipinski definition) is 4. The number of H-pyrrole nitrogens is 1. The third-order valence-corrected chi connectivity index (χ3v) is 6.25. The highest BCUT2D eigenvalue weighted by molar-refractivity contribution is 5.91. The second-order valence-corrected chi connectivity index (χ2v) is 8.80. The Bertz CT molecular complexity index is 1360. The molecule has 1 heterocycles. The molecule has 0 fully saturated rings. The van der Waals surface area contributed by atoms with Crippen LogP contribution in [-0.4, -0.2) is 44.5 Å². The summed E-state index contributed by atoms with van der Waals surface area (Å²) in [7, 11) is 0. The number of carbonyl (C=O) groups excluding carboxylic acids is 2. The number of aromatic amines is 1. The number of rotatable bonds is 10. The van der Waals surface area contributed by atoms with Crippen molar-refractivity contribution in [3.8, 4) is 0 Å². The van der Waals surface area contributed by atoms with E-state index < -0.39 is 47.2 Å². The number of nitrogens with zero attached hydrogens (tertiary/aromatic N) is 1. The largest absolute Gasteiger partial charge is 0.480 e. The summed E-state index contributed by atoms with van der Waals surface area (Å²) in [5.74, 6) is -2.91. The molecule has 36 heavy (non-hydrogen) atoms. The molecule has 0 bridgehead atoms. The van der Waals surface area contributed by atoms with Gasteiger partial charge in [-0.15, -0.1) is 0 Å². The predicted molar refractivity (Wildman–Crippen MR) is 135 cm³/mol. The van der Waals surface area contributed by atoms with Gasteiger partial charge in [-0.05, 0) is 30.5 Å². The summed E-state index contributed by atoms with van der Waals surface area (Å²) >= 11 is 0. The van der Waals surface area contributed by atoms with Crippen molar-refractivity contribution >= 4 is 28.7 Å². The van der Waals surface area contributed by atoms with Crippen LogP contribution in [-0.2, 0) is 20.8 Å². The average molecular weight is 495 g/mol. The molecule has 10 heteroatoms. The van der Waals surface area contributed by atoms with Gasteiger partial charge in [-0.2, -0.15) is 0 Å². The van der Waals surface area contributed by atoms with Crippen LogP contribution in [0.15, 0.2) is 64.2 Å². The van der Waals surface area contributed by atoms with Crippen molar-refractivity contribution in [1.82, 2.24) is 20.2 Å². The van der Waals surface area contributed by atoms with Gasteiger partial charge in [-0.3, -0.25) is 14.4 Å². The number of nitrogens with one attached hydrogen (secondary N) is 3. The third-order valence-electron chi connectivity index (χ3n) is 6.25. The van der Waals surface area contributed by atoms with Gasteiger partial charge in [0.1, 0.15) is 18.1 Å². The van der Waals surface area contributed by atoms with Gasteiger partial charge in [0.05, 0.1) is 10.9 Å². The topological polar surface area (TPSA) is 150 Å². The van der Waals surface area contributed by atoms with Gasteiger partial charge in [0.25, 0.3) is 5.56 Å². The molecule has 0 spiro atoms. The summed E-state index contributed by atoms with van der Waals surface area (Å²) in [5, 5.41) is 14.7. The quantitative estimate of drug-likeness (QED) is 0.336. The van der Waals surface area contributed by atoms with Gasteiger partial charge < -0.3 is 20.7 Å². The van der Waals surface area contributed by atoms with Crippen LogP contribution in [0.25, 0.3) is 10.9 Å². The number of para-hydroxylation sites is 1. The van der Waals surface area contributed by atoms with E-state index in [1.807, 2.05) is 6.92 Å². The zero-order valence-corrected chi connectivity index (χ0v) is 20.4. The molecule has 10 nitrogen and oxygen atoms in total. The molecule has 0 radical (unpaired) electrons. The fraction of sp³-hybridized carbons (Fsp3) is 0.346. The van der Waals surface area contributed by atoms with Gasteiger partial charge >= 0.3 is 11.7 Å². The highest BCUT2D eigenvalue weighted by atomic mass is 16.4. The van der Waals surface area contributed by atoms with Crippen molar-refractivity contribution < 1.29 is 19.5 Å². The maximum absolute atomic E-state index is 13.4. The molecule has 4 atom stereocenters. The molecule has 4 N–H and O–H groups in total. The first-order valence-electron chi connectivity index (χ1n) is 11.7. The van der Waals surface area contributed by atoms with Crippen LogP contribution in [0.2, 0.25) is 0 Å². The first-order valence-corrected chi connectivity index (χ1v) is 11.7. The van der Waals surface area contributed by atoms with E-state index in [1.54, 1.807) is 61.5 Å². The van der Waals surface area contributed by atoms with E-state index in [4.69, 9.17) is 0 Å². The van der Waals surface area contributed by atoms with Crippen molar-refractivity contribution in [2.45, 2.75) is 51.7 Å². The summed E-state index contributed by atoms with van der Waals surface area (Å²) in [6.45, 7) is 4.93. The van der Waals surface area contributed by atoms with Gasteiger partial charge in [-0.1, -0.05) is 62.7 Å². The lowest BCUT2D eigenvalue weighted by molar-refractivity contribution is -0.143. The van der Waals surface area contributed by atoms with Gasteiger partial charge in [0.2, 0.25) is 11.8 Å². The first kappa shape index (κ1) is 26.4. The van der Waals surface area contributed by atoms with Crippen LogP contribution in [0.4, 0.5) is 0 Å². The smallest absolute Gasteiger partial charge is 0.329 e. The van der Waals surface area contributed by atoms with E-state index in [9.17, 15) is 29.1 Å². The van der Waals surface area contributed by atoms with E-state index in [0.29, 0.717) is 17.5 Å². The molecule has 0 saturated carbocycles. The van der Waals surface area contributed by atoms with Crippen molar-refractivity contribution in [1.29, 1.82) is 0 Å². The van der Waals surface area contributed by atoms with Gasteiger partial charge in [0.15, 0.2) is 0 Å². The molecular weight excluding hydrogens is 464 g/mol. The van der Waals surface area contributed by atoms with Crippen LogP contribution < -0.4 is 21.9 Å².